The number of fused-ring (bicyclic) bond motifs is 1. The number of anilines is 1. The van der Waals surface area contributed by atoms with E-state index >= 15 is 4.39 Å². The molecule has 0 bridgehead atoms. The van der Waals surface area contributed by atoms with E-state index in [1.807, 2.05) is 4.90 Å². The number of nitrogens with zero attached hydrogens (tertiary/aromatic N) is 2. The van der Waals surface area contributed by atoms with E-state index in [0.29, 0.717) is 42.2 Å². The number of halogens is 1. The zero-order valence-corrected chi connectivity index (χ0v) is 19.8. The number of aldehydes is 1. The van der Waals surface area contributed by atoms with Crippen LogP contribution in [0.15, 0.2) is 12.1 Å². The van der Waals surface area contributed by atoms with Crippen LogP contribution in [0.3, 0.4) is 0 Å². The Balaban J connectivity index is 1.19. The molecule has 3 fully saturated rings. The van der Waals surface area contributed by atoms with Gasteiger partial charge in [0.1, 0.15) is 12.3 Å². The number of carbonyl (C=O) groups is 4. The van der Waals surface area contributed by atoms with E-state index in [2.05, 4.69) is 5.32 Å². The van der Waals surface area contributed by atoms with Crippen LogP contribution in [0.25, 0.3) is 0 Å². The van der Waals surface area contributed by atoms with Crippen LogP contribution in [0.2, 0.25) is 0 Å². The highest BCUT2D eigenvalue weighted by Gasteiger charge is 2.41. The number of rotatable bonds is 6. The fourth-order valence-corrected chi connectivity index (χ4v) is 5.98. The number of hydrogen-bond donors (Lipinski definition) is 1. The Morgan fingerprint density at radius 3 is 2.40 bits per heavy atom. The van der Waals surface area contributed by atoms with E-state index < -0.39 is 17.8 Å². The van der Waals surface area contributed by atoms with Crippen LogP contribution < -0.4 is 10.2 Å². The summed E-state index contributed by atoms with van der Waals surface area (Å²) in [6.07, 6.45) is 8.18. The van der Waals surface area contributed by atoms with E-state index in [1.165, 1.54) is 4.90 Å². The Hall–Kier alpha value is -2.81. The molecule has 1 atom stereocenters. The number of benzene rings is 1. The third-order valence-electron chi connectivity index (χ3n) is 8.02. The van der Waals surface area contributed by atoms with Crippen LogP contribution >= 0.6 is 0 Å². The van der Waals surface area contributed by atoms with Gasteiger partial charge in [-0.05, 0) is 63.0 Å². The minimum absolute atomic E-state index is 0.0342. The molecule has 1 aromatic rings. The summed E-state index contributed by atoms with van der Waals surface area (Å²) in [6.45, 7) is 1.38. The van der Waals surface area contributed by atoms with Gasteiger partial charge in [0.05, 0.1) is 24.4 Å². The number of nitrogens with one attached hydrogen (secondary N) is 1. The molecule has 9 heteroatoms. The third-order valence-corrected chi connectivity index (χ3v) is 8.02. The van der Waals surface area contributed by atoms with Crippen molar-refractivity contribution in [2.24, 2.45) is 5.92 Å². The fraction of sp³-hybridized carbons (Fsp3) is 0.615. The highest BCUT2D eigenvalue weighted by Crippen LogP contribution is 2.35. The quantitative estimate of drug-likeness (QED) is 0.492. The first-order valence-corrected chi connectivity index (χ1v) is 12.7. The van der Waals surface area contributed by atoms with Gasteiger partial charge in [-0.1, -0.05) is 0 Å². The minimum Gasteiger partial charge on any atom is -0.375 e. The maximum absolute atomic E-state index is 15.6. The van der Waals surface area contributed by atoms with Crippen molar-refractivity contribution in [1.82, 2.24) is 10.2 Å². The average Bonchev–Trinajstić information content (AvgIpc) is 3.18. The Bertz CT molecular complexity index is 1010. The first-order chi connectivity index (χ1) is 16.9. The van der Waals surface area contributed by atoms with Crippen LogP contribution in [0.1, 0.15) is 73.7 Å². The SMILES string of the molecule is O=CC[C@H]1CC[C@H](OC2CCN(c3ccc4c(c3F)CN(C3CCC(=O)NC3=O)C4=O)CC2)CC1. The molecule has 35 heavy (non-hydrogen) atoms. The van der Waals surface area contributed by atoms with E-state index in [9.17, 15) is 19.2 Å². The molecule has 0 radical (unpaired) electrons. The van der Waals surface area contributed by atoms with Crippen molar-refractivity contribution in [2.45, 2.75) is 82.6 Å². The van der Waals surface area contributed by atoms with Gasteiger partial charge in [-0.25, -0.2) is 4.39 Å². The molecule has 1 aliphatic carbocycles. The van der Waals surface area contributed by atoms with E-state index in [4.69, 9.17) is 4.74 Å². The number of amides is 3. The van der Waals surface area contributed by atoms with Gasteiger partial charge < -0.3 is 19.3 Å². The fourth-order valence-electron chi connectivity index (χ4n) is 5.98. The van der Waals surface area contributed by atoms with Crippen LogP contribution in [0, 0.1) is 11.7 Å². The summed E-state index contributed by atoms with van der Waals surface area (Å²) >= 11 is 0. The zero-order chi connectivity index (χ0) is 24.5. The number of ether oxygens (including phenoxy) is 1. The summed E-state index contributed by atoms with van der Waals surface area (Å²) in [6, 6.07) is 2.56. The second kappa shape index (κ2) is 10.0. The van der Waals surface area contributed by atoms with E-state index in [1.54, 1.807) is 12.1 Å². The van der Waals surface area contributed by atoms with Crippen molar-refractivity contribution >= 4 is 29.7 Å². The van der Waals surface area contributed by atoms with Crippen LogP contribution in [0.4, 0.5) is 10.1 Å². The second-order valence-electron chi connectivity index (χ2n) is 10.2. The summed E-state index contributed by atoms with van der Waals surface area (Å²) in [5, 5.41) is 2.27. The van der Waals surface area contributed by atoms with Crippen molar-refractivity contribution in [2.75, 3.05) is 18.0 Å². The third kappa shape index (κ3) is 4.83. The van der Waals surface area contributed by atoms with Gasteiger partial charge in [0, 0.05) is 37.1 Å². The molecule has 8 nitrogen and oxygen atoms in total. The van der Waals surface area contributed by atoms with Crippen LogP contribution in [0.5, 0.6) is 0 Å². The summed E-state index contributed by atoms with van der Waals surface area (Å²) in [4.78, 5) is 50.7. The van der Waals surface area contributed by atoms with Crippen molar-refractivity contribution < 1.29 is 28.3 Å². The molecule has 5 rings (SSSR count). The van der Waals surface area contributed by atoms with Crippen molar-refractivity contribution in [3.8, 4) is 0 Å². The molecule has 188 valence electrons. The molecule has 3 aliphatic heterocycles. The first kappa shape index (κ1) is 23.9. The summed E-state index contributed by atoms with van der Waals surface area (Å²) in [5.41, 5.74) is 1.09. The van der Waals surface area contributed by atoms with Gasteiger partial charge in [-0.15, -0.1) is 0 Å². The molecule has 1 saturated carbocycles. The van der Waals surface area contributed by atoms with Crippen molar-refractivity contribution in [3.63, 3.8) is 0 Å². The molecular formula is C26H32FN3O5. The smallest absolute Gasteiger partial charge is 0.255 e. The monoisotopic (exact) mass is 485 g/mol. The van der Waals surface area contributed by atoms with Crippen LogP contribution in [-0.4, -0.2) is 60.2 Å². The Kier molecular flexibility index (Phi) is 6.86. The van der Waals surface area contributed by atoms with Crippen molar-refractivity contribution in [3.05, 3.63) is 29.1 Å². The minimum atomic E-state index is -0.753. The summed E-state index contributed by atoms with van der Waals surface area (Å²) in [7, 11) is 0. The molecule has 1 unspecified atom stereocenters. The maximum atomic E-state index is 15.6. The molecule has 3 amide bonds. The van der Waals surface area contributed by atoms with Gasteiger partial charge in [0.2, 0.25) is 11.8 Å². The van der Waals surface area contributed by atoms with Crippen molar-refractivity contribution in [1.29, 1.82) is 0 Å². The zero-order valence-electron chi connectivity index (χ0n) is 19.8. The first-order valence-electron chi connectivity index (χ1n) is 12.7. The molecule has 2 saturated heterocycles. The summed E-state index contributed by atoms with van der Waals surface area (Å²) < 4.78 is 21.9. The molecule has 0 spiro atoms. The lowest BCUT2D eigenvalue weighted by Crippen LogP contribution is -2.52. The average molecular weight is 486 g/mol. The molecule has 4 aliphatic rings. The van der Waals surface area contributed by atoms with Gasteiger partial charge in [-0.3, -0.25) is 19.7 Å². The highest BCUT2D eigenvalue weighted by molar-refractivity contribution is 6.05. The molecule has 1 aromatic carbocycles. The lowest BCUT2D eigenvalue weighted by molar-refractivity contribution is -0.137. The number of imide groups is 1. The lowest BCUT2D eigenvalue weighted by atomic mass is 9.85. The van der Waals surface area contributed by atoms with E-state index in [-0.39, 0.29) is 43.4 Å². The Labute approximate surface area is 204 Å². The van der Waals surface area contributed by atoms with E-state index in [0.717, 1.165) is 44.8 Å². The van der Waals surface area contributed by atoms with Gasteiger partial charge >= 0.3 is 0 Å². The van der Waals surface area contributed by atoms with Crippen LogP contribution in [-0.2, 0) is 25.7 Å². The Morgan fingerprint density at radius 1 is 1.00 bits per heavy atom. The largest absolute Gasteiger partial charge is 0.375 e. The number of carbonyl (C=O) groups excluding carboxylic acids is 4. The lowest BCUT2D eigenvalue weighted by Gasteiger charge is -2.37. The molecule has 0 aromatic heterocycles. The predicted molar refractivity (Wildman–Crippen MR) is 125 cm³/mol. The number of piperidine rings is 2. The Morgan fingerprint density at radius 2 is 1.71 bits per heavy atom. The summed E-state index contributed by atoms with van der Waals surface area (Å²) in [5.74, 6) is -1.12. The topological polar surface area (TPSA) is 96.0 Å². The maximum Gasteiger partial charge on any atom is 0.255 e. The molecule has 1 N–H and O–H groups in total. The van der Waals surface area contributed by atoms with Gasteiger partial charge in [-0.2, -0.15) is 0 Å². The standard InChI is InChI=1S/C26H32FN3O5/c27-24-20-15-30(22-7-8-23(32)28-25(22)33)26(34)19(20)5-6-21(24)29-12-9-18(10-13-29)35-17-3-1-16(2-4-17)11-14-31/h5-6,14,16-18,22H,1-4,7-13,15H2,(H,28,32,33)/t16-,17-,22?. The van der Waals surface area contributed by atoms with Gasteiger partial charge in [0.25, 0.3) is 5.91 Å². The molecule has 3 heterocycles. The molecular weight excluding hydrogens is 453 g/mol. The number of hydrogen-bond acceptors (Lipinski definition) is 6. The predicted octanol–water partition coefficient (Wildman–Crippen LogP) is 2.72. The van der Waals surface area contributed by atoms with Gasteiger partial charge in [0.15, 0.2) is 5.82 Å². The normalized spacial score (nSPS) is 27.7. The highest BCUT2D eigenvalue weighted by atomic mass is 19.1. The second-order valence-corrected chi connectivity index (χ2v) is 10.2.